The van der Waals surface area contributed by atoms with Gasteiger partial charge in [0.2, 0.25) is 0 Å². The van der Waals surface area contributed by atoms with Gasteiger partial charge in [-0.15, -0.1) is 16.4 Å². The Bertz CT molecular complexity index is 3210. The van der Waals surface area contributed by atoms with Gasteiger partial charge in [-0.05, 0) is 57.1 Å². The second-order valence-corrected chi connectivity index (χ2v) is 14.7. The summed E-state index contributed by atoms with van der Waals surface area (Å²) >= 11 is 0. The van der Waals surface area contributed by atoms with E-state index in [2.05, 4.69) is 97.1 Å². The van der Waals surface area contributed by atoms with Crippen LogP contribution in [-0.2, 0) is 0 Å². The van der Waals surface area contributed by atoms with Gasteiger partial charge in [0.15, 0.2) is 17.5 Å². The molecule has 0 aliphatic rings. The van der Waals surface area contributed by atoms with Crippen molar-refractivity contribution < 1.29 is 4.42 Å². The molecule has 0 unspecified atom stereocenters. The highest BCUT2D eigenvalue weighted by Crippen LogP contribution is 2.38. The summed E-state index contributed by atoms with van der Waals surface area (Å²) in [5.74, 6) is 1.46. The number of aromatic nitrogens is 3. The van der Waals surface area contributed by atoms with Gasteiger partial charge in [0, 0.05) is 33.0 Å². The third kappa shape index (κ3) is 6.66. The van der Waals surface area contributed by atoms with Crippen LogP contribution in [0.5, 0.6) is 0 Å². The molecule has 0 saturated carbocycles. The highest BCUT2D eigenvalue weighted by molar-refractivity contribution is 6.68. The van der Waals surface area contributed by atoms with Gasteiger partial charge in [0.25, 0.3) is 0 Å². The summed E-state index contributed by atoms with van der Waals surface area (Å²) < 4.78 is 6.69. The highest BCUT2D eigenvalue weighted by atomic mass is 16.3. The van der Waals surface area contributed by atoms with E-state index in [4.69, 9.17) is 58.6 Å². The van der Waals surface area contributed by atoms with E-state index in [0.717, 1.165) is 55.3 Å². The molecule has 9 heteroatoms. The summed E-state index contributed by atoms with van der Waals surface area (Å²) in [6, 6.07) is 57.5. The average Bonchev–Trinajstić information content (AvgIpc) is 3.69. The molecule has 4 nitrogen and oxygen atoms in total. The van der Waals surface area contributed by atoms with Crippen LogP contribution in [0, 0.1) is 0 Å². The Morgan fingerprint density at radius 2 is 0.750 bits per heavy atom. The van der Waals surface area contributed by atoms with Crippen LogP contribution in [0.4, 0.5) is 0 Å². The Kier molecular flexibility index (Phi) is 9.45. The summed E-state index contributed by atoms with van der Waals surface area (Å²) in [6.07, 6.45) is 0. The van der Waals surface area contributed by atoms with E-state index in [0.29, 0.717) is 34.2 Å². The Hall–Kier alpha value is -7.11. The third-order valence-electron chi connectivity index (χ3n) is 11.1. The largest absolute Gasteiger partial charge is 0.455 e. The summed E-state index contributed by atoms with van der Waals surface area (Å²) in [6.45, 7) is 0. The number of fused-ring (bicyclic) bond motifs is 3. The fourth-order valence-electron chi connectivity index (χ4n) is 7.82. The van der Waals surface area contributed by atoms with Crippen molar-refractivity contribution >= 4 is 88.5 Å². The molecule has 0 aliphatic carbocycles. The van der Waals surface area contributed by atoms with Crippen molar-refractivity contribution in [3.05, 3.63) is 170 Å². The van der Waals surface area contributed by atoms with Crippen LogP contribution >= 0.6 is 0 Å². The Morgan fingerprint density at radius 3 is 1.35 bits per heavy atom. The van der Waals surface area contributed by atoms with Crippen LogP contribution in [0.2, 0.25) is 0 Å². The standard InChI is InChI=1S/C51H28B5N3O/c52-43-42(44(53)46(55)47(56)45(43)54)35-13-7-14-36(27-35)50-57-49(34-11-5-2-6-12-34)58-51(59-50)37-25-26-39-40-16-8-15-38(48(40)60-41(39)28-37)33-23-21-32(22-24-33)31-19-17-30(18-20-31)29-9-3-1-4-10-29/h1-28H. The van der Waals surface area contributed by atoms with Crippen LogP contribution in [0.15, 0.2) is 174 Å². The molecule has 2 aromatic heterocycles. The van der Waals surface area contributed by atoms with E-state index in [-0.39, 0.29) is 27.3 Å². The lowest BCUT2D eigenvalue weighted by atomic mass is 9.59. The third-order valence-corrected chi connectivity index (χ3v) is 11.1. The second kappa shape index (κ2) is 15.2. The maximum atomic E-state index is 6.69. The summed E-state index contributed by atoms with van der Waals surface area (Å²) in [5, 5.41) is 2.02. The monoisotopic (exact) mass is 753 g/mol. The topological polar surface area (TPSA) is 51.8 Å². The molecule has 0 bridgehead atoms. The van der Waals surface area contributed by atoms with Crippen molar-refractivity contribution in [2.45, 2.75) is 0 Å². The molecule has 0 N–H and O–H groups in total. The second-order valence-electron chi connectivity index (χ2n) is 14.7. The number of hydrogen-bond donors (Lipinski definition) is 0. The molecule has 0 spiro atoms. The number of rotatable bonds is 7. The highest BCUT2D eigenvalue weighted by Gasteiger charge is 2.18. The average molecular weight is 753 g/mol. The number of para-hydroxylation sites is 1. The molecule has 10 rings (SSSR count). The molecule has 0 atom stereocenters. The SMILES string of the molecule is [B]c1c([B])c([B])c(-c2cccc(-c3nc(-c4ccccc4)nc(-c4ccc5c(c4)oc4c(-c6ccc(-c7ccc(-c8ccccc8)cc7)cc6)cccc45)n3)c2)c([B])c1[B]. The Morgan fingerprint density at radius 1 is 0.317 bits per heavy atom. The van der Waals surface area contributed by atoms with E-state index in [1.165, 1.54) is 11.1 Å². The van der Waals surface area contributed by atoms with Crippen LogP contribution < -0.4 is 27.3 Å². The van der Waals surface area contributed by atoms with Crippen LogP contribution in [0.3, 0.4) is 0 Å². The minimum absolute atomic E-state index is 0.160. The van der Waals surface area contributed by atoms with Crippen LogP contribution in [-0.4, -0.2) is 54.2 Å². The lowest BCUT2D eigenvalue weighted by molar-refractivity contribution is 0.670. The van der Waals surface area contributed by atoms with Gasteiger partial charge in [-0.3, -0.25) is 0 Å². The predicted octanol–water partition coefficient (Wildman–Crippen LogP) is 7.41. The van der Waals surface area contributed by atoms with E-state index in [9.17, 15) is 0 Å². The van der Waals surface area contributed by atoms with Gasteiger partial charge in [0.1, 0.15) is 50.4 Å². The van der Waals surface area contributed by atoms with Crippen LogP contribution in [0.25, 0.3) is 101 Å². The zero-order valence-corrected chi connectivity index (χ0v) is 32.3. The molecular formula is C51H28B5N3O. The number of hydrogen-bond acceptors (Lipinski definition) is 4. The summed E-state index contributed by atoms with van der Waals surface area (Å²) in [4.78, 5) is 14.9. The fraction of sp³-hybridized carbons (Fsp3) is 0. The first-order valence-corrected chi connectivity index (χ1v) is 19.5. The van der Waals surface area contributed by atoms with E-state index in [1.807, 2.05) is 72.8 Å². The number of furan rings is 1. The quantitative estimate of drug-likeness (QED) is 0.159. The first kappa shape index (κ1) is 37.2. The lowest BCUT2D eigenvalue weighted by Gasteiger charge is -2.21. The molecule has 10 radical (unpaired) electrons. The van der Waals surface area contributed by atoms with Gasteiger partial charge < -0.3 is 4.42 Å². The van der Waals surface area contributed by atoms with Crippen LogP contribution in [0.1, 0.15) is 0 Å². The van der Waals surface area contributed by atoms with Crippen molar-refractivity contribution in [2.24, 2.45) is 0 Å². The van der Waals surface area contributed by atoms with Gasteiger partial charge in [-0.1, -0.05) is 163 Å². The zero-order chi connectivity index (χ0) is 40.9. The maximum absolute atomic E-state index is 6.69. The predicted molar refractivity (Wildman–Crippen MR) is 252 cm³/mol. The van der Waals surface area contributed by atoms with Gasteiger partial charge in [-0.25, -0.2) is 15.0 Å². The van der Waals surface area contributed by atoms with Crippen molar-refractivity contribution in [3.8, 4) is 78.7 Å². The Balaban J connectivity index is 1.02. The molecule has 0 amide bonds. The minimum Gasteiger partial charge on any atom is -0.455 e. The fourth-order valence-corrected chi connectivity index (χ4v) is 7.82. The zero-order valence-electron chi connectivity index (χ0n) is 32.3. The summed E-state index contributed by atoms with van der Waals surface area (Å²) in [7, 11) is 31.4. The normalized spacial score (nSPS) is 11.3. The van der Waals surface area contributed by atoms with Crippen molar-refractivity contribution in [1.82, 2.24) is 15.0 Å². The Labute approximate surface area is 354 Å². The van der Waals surface area contributed by atoms with E-state index < -0.39 is 0 Å². The number of benzene rings is 8. The smallest absolute Gasteiger partial charge is 0.164 e. The molecule has 60 heavy (non-hydrogen) atoms. The summed E-state index contributed by atoms with van der Waals surface area (Å²) in [5.41, 5.74) is 12.9. The molecule has 0 aliphatic heterocycles. The van der Waals surface area contributed by atoms with Gasteiger partial charge in [0.05, 0.1) is 0 Å². The lowest BCUT2D eigenvalue weighted by Crippen LogP contribution is -2.55. The molecule has 2 heterocycles. The maximum Gasteiger partial charge on any atom is 0.164 e. The first-order chi connectivity index (χ1) is 29.3. The van der Waals surface area contributed by atoms with E-state index in [1.54, 1.807) is 0 Å². The molecule has 0 fully saturated rings. The number of nitrogens with zero attached hydrogens (tertiary/aromatic N) is 3. The van der Waals surface area contributed by atoms with Gasteiger partial charge in [-0.2, -0.15) is 0 Å². The molecule has 10 aromatic rings. The molecule has 8 aromatic carbocycles. The molecular weight excluding hydrogens is 725 g/mol. The molecule has 0 saturated heterocycles. The minimum atomic E-state index is 0.160. The van der Waals surface area contributed by atoms with Crippen molar-refractivity contribution in [2.75, 3.05) is 0 Å². The van der Waals surface area contributed by atoms with Crippen molar-refractivity contribution in [1.29, 1.82) is 0 Å². The first-order valence-electron chi connectivity index (χ1n) is 19.5. The van der Waals surface area contributed by atoms with Gasteiger partial charge >= 0.3 is 0 Å². The van der Waals surface area contributed by atoms with E-state index >= 15 is 0 Å². The van der Waals surface area contributed by atoms with Crippen molar-refractivity contribution in [3.63, 3.8) is 0 Å². The molecule has 268 valence electrons.